The van der Waals surface area contributed by atoms with Gasteiger partial charge in [-0.15, -0.1) is 0 Å². The van der Waals surface area contributed by atoms with Crippen molar-refractivity contribution >= 4 is 17.6 Å². The highest BCUT2D eigenvalue weighted by Crippen LogP contribution is 2.11. The fourth-order valence-corrected chi connectivity index (χ4v) is 2.33. The third-order valence-corrected chi connectivity index (χ3v) is 3.78. The fraction of sp³-hybridized carbons (Fsp3) is 0.471. The molecule has 0 aliphatic rings. The highest BCUT2D eigenvalue weighted by Gasteiger charge is 2.11. The Bertz CT molecular complexity index is 666. The molecule has 0 atom stereocenters. The second-order valence-electron chi connectivity index (χ2n) is 5.91. The minimum Gasteiger partial charge on any atom is -0.356 e. The van der Waals surface area contributed by atoms with Crippen molar-refractivity contribution in [2.45, 2.75) is 32.7 Å². The second-order valence-corrected chi connectivity index (χ2v) is 6.34. The molecular formula is C17H24ClN5O. The number of nitrogens with one attached hydrogen (secondary N) is 1. The van der Waals surface area contributed by atoms with Crippen LogP contribution in [0.1, 0.15) is 37.0 Å². The smallest absolute Gasteiger partial charge is 0.228 e. The zero-order chi connectivity index (χ0) is 17.5. The van der Waals surface area contributed by atoms with E-state index in [1.165, 1.54) is 5.56 Å². The van der Waals surface area contributed by atoms with Crippen LogP contribution < -0.4 is 5.32 Å². The minimum atomic E-state index is 0.272. The Morgan fingerprint density at radius 3 is 2.62 bits per heavy atom. The van der Waals surface area contributed by atoms with E-state index in [0.29, 0.717) is 18.9 Å². The average Bonchev–Trinajstić information content (AvgIpc) is 3.03. The Morgan fingerprint density at radius 2 is 2.04 bits per heavy atom. The number of hydrogen-bond donors (Lipinski definition) is 1. The third kappa shape index (κ3) is 5.23. The SMILES string of the molecule is CN=C(NCCc1nc(C(C)C)no1)N(C)Cc1ccc(Cl)cc1. The lowest BCUT2D eigenvalue weighted by molar-refractivity contribution is 0.370. The number of guanidine groups is 1. The van der Waals surface area contributed by atoms with E-state index in [1.54, 1.807) is 7.05 Å². The normalized spacial score (nSPS) is 11.8. The fourth-order valence-electron chi connectivity index (χ4n) is 2.21. The first-order valence-corrected chi connectivity index (χ1v) is 8.36. The van der Waals surface area contributed by atoms with Gasteiger partial charge in [-0.2, -0.15) is 4.98 Å². The van der Waals surface area contributed by atoms with Crippen LogP contribution in [0.3, 0.4) is 0 Å². The van der Waals surface area contributed by atoms with Gasteiger partial charge in [-0.1, -0.05) is 42.7 Å². The van der Waals surface area contributed by atoms with E-state index in [1.807, 2.05) is 45.2 Å². The maximum absolute atomic E-state index is 5.92. The van der Waals surface area contributed by atoms with Crippen LogP contribution in [0.4, 0.5) is 0 Å². The zero-order valence-electron chi connectivity index (χ0n) is 14.6. The second kappa shape index (κ2) is 8.68. The average molecular weight is 350 g/mol. The van der Waals surface area contributed by atoms with Gasteiger partial charge in [-0.3, -0.25) is 4.99 Å². The molecule has 0 fully saturated rings. The lowest BCUT2D eigenvalue weighted by Gasteiger charge is -2.22. The molecule has 130 valence electrons. The molecule has 0 saturated carbocycles. The van der Waals surface area contributed by atoms with Crippen molar-refractivity contribution in [3.8, 4) is 0 Å². The van der Waals surface area contributed by atoms with E-state index in [9.17, 15) is 0 Å². The van der Waals surface area contributed by atoms with Crippen molar-refractivity contribution in [1.82, 2.24) is 20.4 Å². The van der Waals surface area contributed by atoms with Gasteiger partial charge in [0.15, 0.2) is 11.8 Å². The summed E-state index contributed by atoms with van der Waals surface area (Å²) in [4.78, 5) is 10.7. The molecular weight excluding hydrogens is 326 g/mol. The quantitative estimate of drug-likeness (QED) is 0.641. The molecule has 1 heterocycles. The van der Waals surface area contributed by atoms with E-state index in [-0.39, 0.29) is 5.92 Å². The molecule has 1 N–H and O–H groups in total. The van der Waals surface area contributed by atoms with Crippen molar-refractivity contribution in [3.63, 3.8) is 0 Å². The maximum Gasteiger partial charge on any atom is 0.228 e. The Labute approximate surface area is 147 Å². The van der Waals surface area contributed by atoms with Crippen LogP contribution in [0.2, 0.25) is 5.02 Å². The highest BCUT2D eigenvalue weighted by atomic mass is 35.5. The summed E-state index contributed by atoms with van der Waals surface area (Å²) >= 11 is 5.92. The van der Waals surface area contributed by atoms with Crippen LogP contribution in [0.25, 0.3) is 0 Å². The summed E-state index contributed by atoms with van der Waals surface area (Å²) in [5.74, 6) is 2.47. The van der Waals surface area contributed by atoms with E-state index < -0.39 is 0 Å². The van der Waals surface area contributed by atoms with Gasteiger partial charge in [0.1, 0.15) is 0 Å². The summed E-state index contributed by atoms with van der Waals surface area (Å²) in [6.07, 6.45) is 0.660. The predicted molar refractivity (Wildman–Crippen MR) is 96.4 cm³/mol. The monoisotopic (exact) mass is 349 g/mol. The first-order chi connectivity index (χ1) is 11.5. The first-order valence-electron chi connectivity index (χ1n) is 7.98. The largest absolute Gasteiger partial charge is 0.356 e. The first kappa shape index (κ1) is 18.3. The molecule has 2 aromatic rings. The van der Waals surface area contributed by atoms with E-state index in [4.69, 9.17) is 16.1 Å². The summed E-state index contributed by atoms with van der Waals surface area (Å²) in [6.45, 7) is 5.51. The summed E-state index contributed by atoms with van der Waals surface area (Å²) in [5, 5.41) is 8.02. The van der Waals surface area contributed by atoms with Gasteiger partial charge in [0.05, 0.1) is 0 Å². The number of hydrogen-bond acceptors (Lipinski definition) is 4. The molecule has 7 heteroatoms. The molecule has 0 spiro atoms. The Kier molecular flexibility index (Phi) is 6.61. The number of aliphatic imine (C=N–C) groups is 1. The van der Waals surface area contributed by atoms with Crippen LogP contribution in [-0.2, 0) is 13.0 Å². The van der Waals surface area contributed by atoms with E-state index in [0.717, 1.165) is 23.4 Å². The Morgan fingerprint density at radius 1 is 1.33 bits per heavy atom. The zero-order valence-corrected chi connectivity index (χ0v) is 15.3. The predicted octanol–water partition coefficient (Wildman–Crippen LogP) is 3.10. The molecule has 0 saturated heterocycles. The van der Waals surface area contributed by atoms with Crippen LogP contribution in [0.5, 0.6) is 0 Å². The summed E-state index contributed by atoms with van der Waals surface area (Å²) in [6, 6.07) is 7.81. The summed E-state index contributed by atoms with van der Waals surface area (Å²) in [5.41, 5.74) is 1.17. The van der Waals surface area contributed by atoms with Gasteiger partial charge in [-0.25, -0.2) is 0 Å². The van der Waals surface area contributed by atoms with E-state index >= 15 is 0 Å². The van der Waals surface area contributed by atoms with Crippen LogP contribution >= 0.6 is 11.6 Å². The van der Waals surface area contributed by atoms with Gasteiger partial charge in [0, 0.05) is 44.5 Å². The van der Waals surface area contributed by atoms with Crippen molar-refractivity contribution in [1.29, 1.82) is 0 Å². The summed E-state index contributed by atoms with van der Waals surface area (Å²) in [7, 11) is 3.76. The van der Waals surface area contributed by atoms with E-state index in [2.05, 4.69) is 25.3 Å². The molecule has 0 radical (unpaired) electrons. The molecule has 1 aromatic carbocycles. The van der Waals surface area contributed by atoms with Crippen molar-refractivity contribution < 1.29 is 4.52 Å². The van der Waals surface area contributed by atoms with Gasteiger partial charge in [-0.05, 0) is 17.7 Å². The molecule has 2 rings (SSSR count). The van der Waals surface area contributed by atoms with Crippen LogP contribution in [0, 0.1) is 0 Å². The molecule has 24 heavy (non-hydrogen) atoms. The minimum absolute atomic E-state index is 0.272. The summed E-state index contributed by atoms with van der Waals surface area (Å²) < 4.78 is 5.24. The molecule has 1 aromatic heterocycles. The van der Waals surface area contributed by atoms with Crippen molar-refractivity contribution in [2.24, 2.45) is 4.99 Å². The number of benzene rings is 1. The topological polar surface area (TPSA) is 66.5 Å². The number of halogens is 1. The molecule has 0 bridgehead atoms. The van der Waals surface area contributed by atoms with Crippen LogP contribution in [0.15, 0.2) is 33.8 Å². The Balaban J connectivity index is 1.83. The third-order valence-electron chi connectivity index (χ3n) is 3.53. The van der Waals surface area contributed by atoms with Gasteiger partial charge in [0.2, 0.25) is 5.89 Å². The van der Waals surface area contributed by atoms with Crippen molar-refractivity contribution in [3.05, 3.63) is 46.6 Å². The maximum atomic E-state index is 5.92. The molecule has 6 nitrogen and oxygen atoms in total. The molecule has 0 amide bonds. The van der Waals surface area contributed by atoms with Gasteiger partial charge >= 0.3 is 0 Å². The highest BCUT2D eigenvalue weighted by molar-refractivity contribution is 6.30. The van der Waals surface area contributed by atoms with Crippen LogP contribution in [-0.4, -0.2) is 41.6 Å². The lowest BCUT2D eigenvalue weighted by atomic mass is 10.2. The van der Waals surface area contributed by atoms with Gasteiger partial charge in [0.25, 0.3) is 0 Å². The number of rotatable bonds is 6. The molecule has 0 unspecified atom stereocenters. The van der Waals surface area contributed by atoms with Gasteiger partial charge < -0.3 is 14.7 Å². The number of aromatic nitrogens is 2. The van der Waals surface area contributed by atoms with Crippen molar-refractivity contribution in [2.75, 3.05) is 20.6 Å². The number of nitrogens with zero attached hydrogens (tertiary/aromatic N) is 4. The molecule has 0 aliphatic carbocycles. The molecule has 0 aliphatic heterocycles. The standard InChI is InChI=1S/C17H24ClN5O/c1-12(2)16-21-15(24-22-16)9-10-20-17(19-3)23(4)11-13-5-7-14(18)8-6-13/h5-8,12H,9-11H2,1-4H3,(H,19,20). The Hall–Kier alpha value is -2.08. The lowest BCUT2D eigenvalue weighted by Crippen LogP contribution is -2.39.